The van der Waals surface area contributed by atoms with Crippen LogP contribution in [0.5, 0.6) is 0 Å². The van der Waals surface area contributed by atoms with Crippen LogP contribution in [0, 0.1) is 0 Å². The van der Waals surface area contributed by atoms with Gasteiger partial charge in [-0.25, -0.2) is 4.79 Å². The van der Waals surface area contributed by atoms with Crippen LogP contribution in [0.25, 0.3) is 0 Å². The van der Waals surface area contributed by atoms with Crippen LogP contribution >= 0.6 is 0 Å². The summed E-state index contributed by atoms with van der Waals surface area (Å²) >= 11 is 0. The zero-order valence-electron chi connectivity index (χ0n) is 16.3. The molecule has 9 heteroatoms. The van der Waals surface area contributed by atoms with E-state index >= 15 is 0 Å². The molecule has 0 unspecified atom stereocenters. The summed E-state index contributed by atoms with van der Waals surface area (Å²) in [5.74, 6) is -1.24. The Labute approximate surface area is 172 Å². The van der Waals surface area contributed by atoms with Crippen molar-refractivity contribution in [1.82, 2.24) is 5.32 Å². The standard InChI is InChI=1S/C12H14N2O3.C9H7NO3/c1-17-5-4-13-12(16)8-2-3-10-9(6-8)7-11(15)14-10;11-8-4-6-3-5(9(12)13)1-2-7(6)10-8/h2-3,6H,4-5,7H2,1H3,(H,13,16)(H,14,15);1-3H,4H2,(H,10,11)(H,12,13). The molecule has 2 aliphatic rings. The number of methoxy groups -OCH3 is 1. The fourth-order valence-corrected chi connectivity index (χ4v) is 3.10. The first kappa shape index (κ1) is 21.0. The van der Waals surface area contributed by atoms with E-state index in [1.807, 2.05) is 0 Å². The molecule has 9 nitrogen and oxygen atoms in total. The van der Waals surface area contributed by atoms with Crippen molar-refractivity contribution in [3.8, 4) is 0 Å². The Hall–Kier alpha value is -3.72. The largest absolute Gasteiger partial charge is 0.478 e. The molecule has 0 fully saturated rings. The van der Waals surface area contributed by atoms with Crippen molar-refractivity contribution >= 4 is 35.1 Å². The highest BCUT2D eigenvalue weighted by Gasteiger charge is 2.19. The Morgan fingerprint density at radius 2 is 1.50 bits per heavy atom. The number of hydrogen-bond donors (Lipinski definition) is 4. The molecular formula is C21H21N3O6. The molecule has 0 aromatic heterocycles. The van der Waals surface area contributed by atoms with Gasteiger partial charge in [-0.05, 0) is 47.5 Å². The second-order valence-corrected chi connectivity index (χ2v) is 6.75. The number of benzene rings is 2. The number of carboxylic acids is 1. The van der Waals surface area contributed by atoms with E-state index < -0.39 is 5.97 Å². The highest BCUT2D eigenvalue weighted by atomic mass is 16.5. The number of carbonyl (C=O) groups is 4. The molecule has 156 valence electrons. The molecule has 0 atom stereocenters. The third-order valence-electron chi connectivity index (χ3n) is 4.56. The van der Waals surface area contributed by atoms with Crippen LogP contribution in [0.2, 0.25) is 0 Å². The summed E-state index contributed by atoms with van der Waals surface area (Å²) in [7, 11) is 1.58. The highest BCUT2D eigenvalue weighted by Crippen LogP contribution is 2.24. The van der Waals surface area contributed by atoms with Crippen LogP contribution in [-0.2, 0) is 27.2 Å². The number of ether oxygens (including phenoxy) is 1. The minimum absolute atomic E-state index is 0.0306. The van der Waals surface area contributed by atoms with Crippen molar-refractivity contribution in [2.24, 2.45) is 0 Å². The van der Waals surface area contributed by atoms with Crippen LogP contribution in [0.3, 0.4) is 0 Å². The first-order chi connectivity index (χ1) is 14.4. The second-order valence-electron chi connectivity index (χ2n) is 6.75. The van der Waals surface area contributed by atoms with Crippen LogP contribution in [0.4, 0.5) is 11.4 Å². The molecule has 0 radical (unpaired) electrons. The average Bonchev–Trinajstić information content (AvgIpc) is 3.27. The molecule has 4 rings (SSSR count). The number of fused-ring (bicyclic) bond motifs is 2. The van der Waals surface area contributed by atoms with E-state index in [4.69, 9.17) is 9.84 Å². The fourth-order valence-electron chi connectivity index (χ4n) is 3.10. The van der Waals surface area contributed by atoms with Gasteiger partial charge in [0.05, 0.1) is 25.0 Å². The molecule has 0 aliphatic carbocycles. The predicted octanol–water partition coefficient (Wildman–Crippen LogP) is 1.44. The van der Waals surface area contributed by atoms with E-state index in [0.717, 1.165) is 22.5 Å². The molecule has 4 N–H and O–H groups in total. The van der Waals surface area contributed by atoms with Gasteiger partial charge in [0.15, 0.2) is 0 Å². The average molecular weight is 411 g/mol. The third-order valence-corrected chi connectivity index (χ3v) is 4.56. The Balaban J connectivity index is 0.000000177. The molecule has 0 bridgehead atoms. The molecular weight excluding hydrogens is 390 g/mol. The summed E-state index contributed by atoms with van der Waals surface area (Å²) in [6, 6.07) is 9.82. The Morgan fingerprint density at radius 3 is 2.03 bits per heavy atom. The molecule has 3 amide bonds. The number of hydrogen-bond acceptors (Lipinski definition) is 5. The molecule has 2 aromatic rings. The van der Waals surface area contributed by atoms with E-state index in [1.165, 1.54) is 12.1 Å². The topological polar surface area (TPSA) is 134 Å². The minimum atomic E-state index is -0.970. The van der Waals surface area contributed by atoms with Gasteiger partial charge in [0.25, 0.3) is 5.91 Å². The van der Waals surface area contributed by atoms with Gasteiger partial charge in [-0.2, -0.15) is 0 Å². The molecule has 0 saturated carbocycles. The summed E-state index contributed by atoms with van der Waals surface area (Å²) in [5, 5.41) is 16.8. The molecule has 0 spiro atoms. The van der Waals surface area contributed by atoms with E-state index in [-0.39, 0.29) is 29.7 Å². The van der Waals surface area contributed by atoms with E-state index in [2.05, 4.69) is 16.0 Å². The lowest BCUT2D eigenvalue weighted by Gasteiger charge is -2.05. The summed E-state index contributed by atoms with van der Waals surface area (Å²) in [4.78, 5) is 44.4. The van der Waals surface area contributed by atoms with Crippen LogP contribution in [0.15, 0.2) is 36.4 Å². The predicted molar refractivity (Wildman–Crippen MR) is 109 cm³/mol. The Kier molecular flexibility index (Phi) is 6.43. The van der Waals surface area contributed by atoms with Crippen molar-refractivity contribution in [3.05, 3.63) is 58.7 Å². The van der Waals surface area contributed by atoms with Gasteiger partial charge in [-0.3, -0.25) is 14.4 Å². The maximum absolute atomic E-state index is 11.7. The third kappa shape index (κ3) is 5.00. The maximum Gasteiger partial charge on any atom is 0.335 e. The molecule has 2 aromatic carbocycles. The van der Waals surface area contributed by atoms with Gasteiger partial charge < -0.3 is 25.8 Å². The van der Waals surface area contributed by atoms with Crippen LogP contribution in [-0.4, -0.2) is 49.1 Å². The quantitative estimate of drug-likeness (QED) is 0.550. The van der Waals surface area contributed by atoms with E-state index in [9.17, 15) is 19.2 Å². The van der Waals surface area contributed by atoms with Gasteiger partial charge >= 0.3 is 5.97 Å². The van der Waals surface area contributed by atoms with Gasteiger partial charge in [0, 0.05) is 30.6 Å². The number of carbonyl (C=O) groups excluding carboxylic acids is 3. The lowest BCUT2D eigenvalue weighted by molar-refractivity contribution is -0.115. The fraction of sp³-hybridized carbons (Fsp3) is 0.238. The molecule has 0 saturated heterocycles. The van der Waals surface area contributed by atoms with Crippen molar-refractivity contribution < 1.29 is 29.0 Å². The van der Waals surface area contributed by atoms with E-state index in [1.54, 1.807) is 31.4 Å². The van der Waals surface area contributed by atoms with Crippen molar-refractivity contribution in [3.63, 3.8) is 0 Å². The summed E-state index contributed by atoms with van der Waals surface area (Å²) in [6.07, 6.45) is 0.616. The highest BCUT2D eigenvalue weighted by molar-refractivity contribution is 6.02. The SMILES string of the molecule is COCCNC(=O)c1ccc2c(c1)CC(=O)N2.O=C1Cc2cc(C(=O)O)ccc2N1. The van der Waals surface area contributed by atoms with Gasteiger partial charge in [-0.1, -0.05) is 0 Å². The van der Waals surface area contributed by atoms with Gasteiger partial charge in [0.1, 0.15) is 0 Å². The normalized spacial score (nSPS) is 13.4. The number of rotatable bonds is 5. The number of carboxylic acid groups (broad SMARTS) is 1. The number of anilines is 2. The second kappa shape index (κ2) is 9.19. The van der Waals surface area contributed by atoms with Crippen LogP contribution < -0.4 is 16.0 Å². The Morgan fingerprint density at radius 1 is 0.967 bits per heavy atom. The van der Waals surface area contributed by atoms with Gasteiger partial charge in [-0.15, -0.1) is 0 Å². The summed E-state index contributed by atoms with van der Waals surface area (Å²) in [5.41, 5.74) is 3.92. The van der Waals surface area contributed by atoms with Crippen molar-refractivity contribution in [2.75, 3.05) is 30.9 Å². The number of aromatic carboxylic acids is 1. The number of nitrogens with one attached hydrogen (secondary N) is 3. The van der Waals surface area contributed by atoms with Crippen molar-refractivity contribution in [1.29, 1.82) is 0 Å². The summed E-state index contributed by atoms with van der Waals surface area (Å²) in [6.45, 7) is 0.959. The lowest BCUT2D eigenvalue weighted by Crippen LogP contribution is -2.26. The Bertz CT molecular complexity index is 1020. The molecule has 30 heavy (non-hydrogen) atoms. The van der Waals surface area contributed by atoms with Gasteiger partial charge in [0.2, 0.25) is 11.8 Å². The van der Waals surface area contributed by atoms with Crippen LogP contribution in [0.1, 0.15) is 31.8 Å². The lowest BCUT2D eigenvalue weighted by atomic mass is 10.1. The smallest absolute Gasteiger partial charge is 0.335 e. The number of amides is 3. The minimum Gasteiger partial charge on any atom is -0.478 e. The first-order valence-electron chi connectivity index (χ1n) is 9.23. The van der Waals surface area contributed by atoms with E-state index in [0.29, 0.717) is 25.1 Å². The first-order valence-corrected chi connectivity index (χ1v) is 9.23. The molecule has 2 heterocycles. The zero-order valence-corrected chi connectivity index (χ0v) is 16.3. The summed E-state index contributed by atoms with van der Waals surface area (Å²) < 4.78 is 4.85. The monoisotopic (exact) mass is 411 g/mol. The molecule has 2 aliphatic heterocycles. The zero-order chi connectivity index (χ0) is 21.7. The maximum atomic E-state index is 11.7. The van der Waals surface area contributed by atoms with Crippen molar-refractivity contribution in [2.45, 2.75) is 12.8 Å².